The summed E-state index contributed by atoms with van der Waals surface area (Å²) < 4.78 is 4.66. The number of hydrogen-bond donors (Lipinski definition) is 2. The van der Waals surface area contributed by atoms with Crippen LogP contribution in [0.4, 0.5) is 0 Å². The van der Waals surface area contributed by atoms with Gasteiger partial charge in [-0.3, -0.25) is 4.79 Å². The average Bonchev–Trinajstić information content (AvgIpc) is 2.32. The molecule has 0 spiro atoms. The minimum absolute atomic E-state index is 0.132. The Hall–Kier alpha value is -0.750. The standard InChI is InChI=1S/C12H23NO4S/c1-9(2)7-10(12(16)17-3)13-11(15)8-18-6-4-5-14/h9-10,14H,4-8H2,1-3H3,(H,13,15). The van der Waals surface area contributed by atoms with E-state index in [-0.39, 0.29) is 12.5 Å². The zero-order valence-corrected chi connectivity index (χ0v) is 12.1. The number of esters is 1. The molecule has 0 rings (SSSR count). The average molecular weight is 277 g/mol. The first-order chi connectivity index (χ1) is 8.51. The first kappa shape index (κ1) is 17.2. The summed E-state index contributed by atoms with van der Waals surface area (Å²) >= 11 is 1.44. The molecule has 5 nitrogen and oxygen atoms in total. The van der Waals surface area contributed by atoms with Crippen molar-refractivity contribution in [1.29, 1.82) is 0 Å². The lowest BCUT2D eigenvalue weighted by Crippen LogP contribution is -2.43. The summed E-state index contributed by atoms with van der Waals surface area (Å²) in [6, 6.07) is -0.569. The number of thioether (sulfide) groups is 1. The van der Waals surface area contributed by atoms with Gasteiger partial charge in [-0.05, 0) is 24.5 Å². The second-order valence-corrected chi connectivity index (χ2v) is 5.51. The molecule has 0 saturated carbocycles. The number of carbonyl (C=O) groups is 2. The molecule has 0 saturated heterocycles. The van der Waals surface area contributed by atoms with Crippen LogP contribution >= 0.6 is 11.8 Å². The summed E-state index contributed by atoms with van der Waals surface area (Å²) in [6.45, 7) is 4.10. The molecule has 0 bridgehead atoms. The molecule has 1 unspecified atom stereocenters. The second-order valence-electron chi connectivity index (χ2n) is 4.40. The molecular formula is C12H23NO4S. The molecule has 0 aliphatic carbocycles. The summed E-state index contributed by atoms with van der Waals surface area (Å²) in [5.41, 5.74) is 0. The van der Waals surface area contributed by atoms with E-state index in [4.69, 9.17) is 5.11 Å². The first-order valence-corrected chi connectivity index (χ1v) is 7.22. The highest BCUT2D eigenvalue weighted by Gasteiger charge is 2.22. The number of ether oxygens (including phenoxy) is 1. The van der Waals surface area contributed by atoms with Crippen molar-refractivity contribution in [3.05, 3.63) is 0 Å². The fraction of sp³-hybridized carbons (Fsp3) is 0.833. The van der Waals surface area contributed by atoms with Crippen LogP contribution in [0.1, 0.15) is 26.7 Å². The molecule has 18 heavy (non-hydrogen) atoms. The van der Waals surface area contributed by atoms with Crippen LogP contribution in [0.5, 0.6) is 0 Å². The quantitative estimate of drug-likeness (QED) is 0.482. The van der Waals surface area contributed by atoms with Gasteiger partial charge in [0.05, 0.1) is 12.9 Å². The van der Waals surface area contributed by atoms with E-state index in [1.165, 1.54) is 18.9 Å². The van der Waals surface area contributed by atoms with Gasteiger partial charge in [-0.25, -0.2) is 4.79 Å². The zero-order valence-electron chi connectivity index (χ0n) is 11.3. The SMILES string of the molecule is COC(=O)C(CC(C)C)NC(=O)CSCCCO. The van der Waals surface area contributed by atoms with Gasteiger partial charge >= 0.3 is 5.97 Å². The maximum atomic E-state index is 11.6. The lowest BCUT2D eigenvalue weighted by Gasteiger charge is -2.18. The monoisotopic (exact) mass is 277 g/mol. The predicted octanol–water partition coefficient (Wildman–Crippen LogP) is 0.806. The first-order valence-electron chi connectivity index (χ1n) is 6.07. The molecule has 1 amide bonds. The number of aliphatic hydroxyl groups excluding tert-OH is 1. The molecule has 6 heteroatoms. The Kier molecular flexibility index (Phi) is 9.77. The van der Waals surface area contributed by atoms with E-state index < -0.39 is 12.0 Å². The van der Waals surface area contributed by atoms with Gasteiger partial charge in [-0.15, -0.1) is 0 Å². The zero-order chi connectivity index (χ0) is 14.0. The number of carbonyl (C=O) groups excluding carboxylic acids is 2. The van der Waals surface area contributed by atoms with Crippen molar-refractivity contribution in [2.45, 2.75) is 32.7 Å². The summed E-state index contributed by atoms with van der Waals surface area (Å²) in [5.74, 6) is 0.755. The highest BCUT2D eigenvalue weighted by Crippen LogP contribution is 2.07. The predicted molar refractivity (Wildman–Crippen MR) is 72.4 cm³/mol. The van der Waals surface area contributed by atoms with Crippen molar-refractivity contribution in [1.82, 2.24) is 5.32 Å². The number of aliphatic hydroxyl groups is 1. The van der Waals surface area contributed by atoms with E-state index in [1.54, 1.807) is 0 Å². The number of methoxy groups -OCH3 is 1. The van der Waals surface area contributed by atoms with Crippen molar-refractivity contribution in [3.8, 4) is 0 Å². The Bertz CT molecular complexity index is 258. The van der Waals surface area contributed by atoms with Gasteiger partial charge in [0.2, 0.25) is 5.91 Å². The third-order valence-electron chi connectivity index (χ3n) is 2.21. The Balaban J connectivity index is 4.06. The van der Waals surface area contributed by atoms with Gasteiger partial charge in [0.25, 0.3) is 0 Å². The summed E-state index contributed by atoms with van der Waals surface area (Å²) in [6.07, 6.45) is 1.24. The topological polar surface area (TPSA) is 75.6 Å². The Morgan fingerprint density at radius 3 is 2.56 bits per heavy atom. The van der Waals surface area contributed by atoms with Crippen LogP contribution in [0.15, 0.2) is 0 Å². The molecule has 0 aromatic heterocycles. The largest absolute Gasteiger partial charge is 0.467 e. The van der Waals surface area contributed by atoms with E-state index in [0.29, 0.717) is 24.5 Å². The van der Waals surface area contributed by atoms with Gasteiger partial charge in [0.1, 0.15) is 6.04 Å². The van der Waals surface area contributed by atoms with Gasteiger partial charge < -0.3 is 15.2 Å². The lowest BCUT2D eigenvalue weighted by atomic mass is 10.0. The number of hydrogen-bond acceptors (Lipinski definition) is 5. The van der Waals surface area contributed by atoms with Crippen molar-refractivity contribution in [2.75, 3.05) is 25.2 Å². The molecule has 0 fully saturated rings. The summed E-state index contributed by atoms with van der Waals surface area (Å²) in [5, 5.41) is 11.3. The Morgan fingerprint density at radius 1 is 1.39 bits per heavy atom. The number of rotatable bonds is 9. The molecular weight excluding hydrogens is 254 g/mol. The molecule has 0 aromatic rings. The minimum Gasteiger partial charge on any atom is -0.467 e. The fourth-order valence-electron chi connectivity index (χ4n) is 1.40. The van der Waals surface area contributed by atoms with Crippen LogP contribution in [-0.4, -0.2) is 48.2 Å². The Morgan fingerprint density at radius 2 is 2.06 bits per heavy atom. The lowest BCUT2D eigenvalue weighted by molar-refractivity contribution is -0.145. The van der Waals surface area contributed by atoms with Crippen LogP contribution in [-0.2, 0) is 14.3 Å². The van der Waals surface area contributed by atoms with Crippen LogP contribution in [0.2, 0.25) is 0 Å². The Labute approximate surface area is 113 Å². The molecule has 0 heterocycles. The number of nitrogens with one attached hydrogen (secondary N) is 1. The minimum atomic E-state index is -0.569. The maximum Gasteiger partial charge on any atom is 0.328 e. The smallest absolute Gasteiger partial charge is 0.328 e. The van der Waals surface area contributed by atoms with Crippen molar-refractivity contribution in [3.63, 3.8) is 0 Å². The molecule has 2 N–H and O–H groups in total. The van der Waals surface area contributed by atoms with Gasteiger partial charge in [0, 0.05) is 6.61 Å². The van der Waals surface area contributed by atoms with E-state index >= 15 is 0 Å². The molecule has 0 aliphatic heterocycles. The van der Waals surface area contributed by atoms with E-state index in [0.717, 1.165) is 5.75 Å². The van der Waals surface area contributed by atoms with Crippen LogP contribution in [0.25, 0.3) is 0 Å². The van der Waals surface area contributed by atoms with Crippen LogP contribution < -0.4 is 5.32 Å². The molecule has 0 aromatic carbocycles. The highest BCUT2D eigenvalue weighted by atomic mass is 32.2. The normalized spacial score (nSPS) is 12.3. The van der Waals surface area contributed by atoms with Crippen molar-refractivity contribution in [2.24, 2.45) is 5.92 Å². The van der Waals surface area contributed by atoms with Crippen molar-refractivity contribution >= 4 is 23.6 Å². The molecule has 0 radical (unpaired) electrons. The second kappa shape index (κ2) is 10.2. The summed E-state index contributed by atoms with van der Waals surface area (Å²) in [7, 11) is 1.32. The van der Waals surface area contributed by atoms with E-state index in [1.807, 2.05) is 13.8 Å². The highest BCUT2D eigenvalue weighted by molar-refractivity contribution is 7.99. The van der Waals surface area contributed by atoms with Gasteiger partial charge in [-0.1, -0.05) is 13.8 Å². The van der Waals surface area contributed by atoms with Crippen LogP contribution in [0, 0.1) is 5.92 Å². The van der Waals surface area contributed by atoms with Crippen molar-refractivity contribution < 1.29 is 19.4 Å². The third kappa shape index (κ3) is 8.36. The number of amides is 1. The van der Waals surface area contributed by atoms with E-state index in [9.17, 15) is 9.59 Å². The molecule has 1 atom stereocenters. The fourth-order valence-corrected chi connectivity index (χ4v) is 2.14. The van der Waals surface area contributed by atoms with Gasteiger partial charge in [-0.2, -0.15) is 11.8 Å². The maximum absolute atomic E-state index is 11.6. The van der Waals surface area contributed by atoms with Gasteiger partial charge in [0.15, 0.2) is 0 Å². The molecule has 0 aliphatic rings. The third-order valence-corrected chi connectivity index (χ3v) is 3.25. The van der Waals surface area contributed by atoms with E-state index in [2.05, 4.69) is 10.1 Å². The summed E-state index contributed by atoms with van der Waals surface area (Å²) in [4.78, 5) is 23.1. The van der Waals surface area contributed by atoms with Crippen LogP contribution in [0.3, 0.4) is 0 Å². The molecule has 106 valence electrons.